The SMILES string of the molecule is CC(C)(C)C1=CC2=CC=C3C=C(c4ccc5c(c4)N(c4c(-c6ccccc6)cc(-c6ccccc6)cc4-c4ccccc4)c4cc(C(C)(C)C)cc6c4B5c4ccc(-n5c7ccccc7c7ccccc75)cc4N6c4c(-c5ccccc5)cc(-c5ccccc5)cc4-c4ccccc4)C=C4C=CC(=C1)C2C34. The number of hydrogen-bond donors (Lipinski definition) is 0. The van der Waals surface area contributed by atoms with Gasteiger partial charge in [-0.1, -0.05) is 327 Å². The lowest BCUT2D eigenvalue weighted by Gasteiger charge is -2.46. The van der Waals surface area contributed by atoms with Gasteiger partial charge in [-0.15, -0.1) is 0 Å². The highest BCUT2D eigenvalue weighted by Gasteiger charge is 2.47. The zero-order valence-electron chi connectivity index (χ0n) is 60.6. The van der Waals surface area contributed by atoms with Crippen molar-refractivity contribution in [2.24, 2.45) is 17.3 Å². The van der Waals surface area contributed by atoms with Gasteiger partial charge >= 0.3 is 0 Å². The van der Waals surface area contributed by atoms with Crippen LogP contribution in [0.2, 0.25) is 0 Å². The minimum Gasteiger partial charge on any atom is -0.310 e. The molecule has 0 saturated heterocycles. The number of rotatable bonds is 10. The predicted molar refractivity (Wildman–Crippen MR) is 450 cm³/mol. The highest BCUT2D eigenvalue weighted by molar-refractivity contribution is 7.00. The van der Waals surface area contributed by atoms with Crippen LogP contribution in [0.3, 0.4) is 0 Å². The molecule has 0 amide bonds. The summed E-state index contributed by atoms with van der Waals surface area (Å²) in [6.07, 6.45) is 19.7. The Labute approximate surface area is 622 Å². The lowest BCUT2D eigenvalue weighted by Crippen LogP contribution is -2.61. The molecule has 14 aromatic rings. The van der Waals surface area contributed by atoms with Crippen molar-refractivity contribution in [3.05, 3.63) is 391 Å². The van der Waals surface area contributed by atoms with Gasteiger partial charge in [-0.2, -0.15) is 0 Å². The number of aromatic nitrogens is 1. The molecular formula is C102H78BN3. The fourth-order valence-corrected chi connectivity index (χ4v) is 18.0. The van der Waals surface area contributed by atoms with Crippen molar-refractivity contribution < 1.29 is 0 Å². The smallest absolute Gasteiger partial charge is 0.252 e. The molecule has 2 atom stereocenters. The number of para-hydroxylation sites is 2. The molecule has 106 heavy (non-hydrogen) atoms. The number of benzene rings is 13. The second-order valence-electron chi connectivity index (χ2n) is 31.6. The molecule has 0 bridgehead atoms. The van der Waals surface area contributed by atoms with Crippen LogP contribution in [0.15, 0.2) is 380 Å². The first-order valence-electron chi connectivity index (χ1n) is 37.6. The van der Waals surface area contributed by atoms with Gasteiger partial charge in [0, 0.05) is 73.3 Å². The molecule has 3 nitrogen and oxygen atoms in total. The Bertz CT molecular complexity index is 6010. The monoisotopic (exact) mass is 1360 g/mol. The van der Waals surface area contributed by atoms with Gasteiger partial charge < -0.3 is 14.4 Å². The second-order valence-corrected chi connectivity index (χ2v) is 31.6. The third-order valence-corrected chi connectivity index (χ3v) is 23.2. The number of anilines is 6. The summed E-state index contributed by atoms with van der Waals surface area (Å²) in [7, 11) is 0. The lowest BCUT2D eigenvalue weighted by molar-refractivity contribution is 0.500. The Morgan fingerprint density at radius 2 is 0.698 bits per heavy atom. The van der Waals surface area contributed by atoms with Crippen LogP contribution in [0.25, 0.3) is 99.8 Å². The van der Waals surface area contributed by atoms with Crippen molar-refractivity contribution in [2.75, 3.05) is 9.80 Å². The normalized spacial score (nSPS) is 16.1. The van der Waals surface area contributed by atoms with Gasteiger partial charge in [0.2, 0.25) is 0 Å². The predicted octanol–water partition coefficient (Wildman–Crippen LogP) is 25.1. The van der Waals surface area contributed by atoms with E-state index in [2.05, 4.69) is 408 Å². The summed E-state index contributed by atoms with van der Waals surface area (Å²) in [4.78, 5) is 5.46. The molecular weight excluding hydrogens is 1280 g/mol. The average molecular weight is 1360 g/mol. The number of fused-ring (bicyclic) bond motifs is 7. The topological polar surface area (TPSA) is 11.4 Å². The first-order chi connectivity index (χ1) is 51.8. The Kier molecular flexibility index (Phi) is 14.7. The van der Waals surface area contributed by atoms with Crippen LogP contribution in [0.1, 0.15) is 52.7 Å². The van der Waals surface area contributed by atoms with Crippen molar-refractivity contribution in [2.45, 2.75) is 47.0 Å². The molecule has 0 saturated carbocycles. The Morgan fingerprint density at radius 3 is 1.14 bits per heavy atom. The van der Waals surface area contributed by atoms with E-state index in [1.807, 2.05) is 0 Å². The molecule has 0 fully saturated rings. The summed E-state index contributed by atoms with van der Waals surface area (Å²) in [5.74, 6) is 0.524. The molecule has 504 valence electrons. The van der Waals surface area contributed by atoms with E-state index in [0.29, 0.717) is 0 Å². The molecule has 4 aliphatic carbocycles. The highest BCUT2D eigenvalue weighted by Crippen LogP contribution is 2.57. The zero-order valence-corrected chi connectivity index (χ0v) is 60.6. The third kappa shape index (κ3) is 10.3. The molecule has 0 N–H and O–H groups in total. The van der Waals surface area contributed by atoms with Gasteiger partial charge in [-0.3, -0.25) is 0 Å². The van der Waals surface area contributed by atoms with Crippen molar-refractivity contribution in [3.63, 3.8) is 0 Å². The van der Waals surface area contributed by atoms with Crippen LogP contribution < -0.4 is 26.2 Å². The maximum absolute atomic E-state index is 2.74. The van der Waals surface area contributed by atoms with Crippen molar-refractivity contribution in [3.8, 4) is 72.4 Å². The van der Waals surface area contributed by atoms with Gasteiger partial charge in [-0.25, -0.2) is 0 Å². The summed E-state index contributed by atoms with van der Waals surface area (Å²) in [5.41, 5.74) is 38.0. The summed E-state index contributed by atoms with van der Waals surface area (Å²) in [5, 5.41) is 2.46. The molecule has 4 heteroatoms. The van der Waals surface area contributed by atoms with E-state index in [1.165, 1.54) is 88.3 Å². The first-order valence-corrected chi connectivity index (χ1v) is 37.6. The standard InChI is InChI=1S/C102H78BN3/c1-101(2,3)79-55-74-47-45-72-53-76(54-73-46-48-75(56-79)97(74)96(72)73)71-49-51-88-92(61-71)105(99-84(67-33-17-9-18-34-67)57-77(65-29-13-7-14-30-65)58-85(99)68-35-19-10-20-36-68)94-62-80(102(4,5)6)63-95-98(94)103(88)89-52-50-81(104-90-43-27-25-41-82(90)83-42-26-28-44-91(83)104)64-93(89)106(95)100-86(69-37-21-11-22-38-69)59-78(66-31-15-8-16-32-66)60-87(100)70-39-23-12-24-40-70/h7-64,96-97H,1-6H3. The zero-order chi connectivity index (χ0) is 71.1. The van der Waals surface area contributed by atoms with Crippen molar-refractivity contribution in [1.29, 1.82) is 0 Å². The van der Waals surface area contributed by atoms with E-state index in [9.17, 15) is 0 Å². The Morgan fingerprint density at radius 1 is 0.302 bits per heavy atom. The number of hydrogen-bond acceptors (Lipinski definition) is 2. The largest absolute Gasteiger partial charge is 0.310 e. The molecule has 13 aromatic carbocycles. The molecule has 20 rings (SSSR count). The van der Waals surface area contributed by atoms with Crippen LogP contribution in [0.4, 0.5) is 34.1 Å². The van der Waals surface area contributed by atoms with E-state index in [4.69, 9.17) is 0 Å². The van der Waals surface area contributed by atoms with Gasteiger partial charge in [0.05, 0.1) is 22.4 Å². The van der Waals surface area contributed by atoms with Gasteiger partial charge in [0.25, 0.3) is 6.71 Å². The summed E-state index contributed by atoms with van der Waals surface area (Å²) in [6, 6.07) is 115. The van der Waals surface area contributed by atoms with Crippen LogP contribution in [0.5, 0.6) is 0 Å². The Balaban J connectivity index is 0.930. The van der Waals surface area contributed by atoms with Crippen LogP contribution in [0, 0.1) is 17.3 Å². The molecule has 0 radical (unpaired) electrons. The quantitative estimate of drug-likeness (QED) is 0.126. The molecule has 1 aromatic heterocycles. The number of allylic oxidation sites excluding steroid dienone is 14. The minimum absolute atomic E-state index is 0.0408. The van der Waals surface area contributed by atoms with E-state index >= 15 is 0 Å². The lowest BCUT2D eigenvalue weighted by atomic mass is 9.33. The number of nitrogens with zero attached hydrogens (tertiary/aromatic N) is 3. The summed E-state index contributed by atoms with van der Waals surface area (Å²) in [6.45, 7) is 14.0. The molecule has 2 aliphatic heterocycles. The highest BCUT2D eigenvalue weighted by atomic mass is 15.2. The maximum atomic E-state index is 2.74. The summed E-state index contributed by atoms with van der Waals surface area (Å²) >= 11 is 0. The minimum atomic E-state index is -0.336. The molecule has 3 heterocycles. The van der Waals surface area contributed by atoms with Crippen LogP contribution in [-0.4, -0.2) is 11.3 Å². The maximum Gasteiger partial charge on any atom is 0.252 e. The van der Waals surface area contributed by atoms with Crippen LogP contribution >= 0.6 is 0 Å². The van der Waals surface area contributed by atoms with Gasteiger partial charge in [0.1, 0.15) is 0 Å². The van der Waals surface area contributed by atoms with E-state index in [0.717, 1.165) is 101 Å². The van der Waals surface area contributed by atoms with Crippen LogP contribution in [-0.2, 0) is 5.41 Å². The van der Waals surface area contributed by atoms with E-state index in [1.54, 1.807) is 0 Å². The van der Waals surface area contributed by atoms with E-state index in [-0.39, 0.29) is 29.4 Å². The molecule has 6 aliphatic rings. The van der Waals surface area contributed by atoms with Crippen molar-refractivity contribution >= 4 is 84.6 Å². The Hall–Kier alpha value is -12.5. The summed E-state index contributed by atoms with van der Waals surface area (Å²) < 4.78 is 2.50. The first kappa shape index (κ1) is 63.2. The fraction of sp³-hybridized carbons (Fsp3) is 0.0980. The average Bonchev–Trinajstić information content (AvgIpc) is 0.704. The van der Waals surface area contributed by atoms with Gasteiger partial charge in [0.15, 0.2) is 0 Å². The van der Waals surface area contributed by atoms with Gasteiger partial charge in [-0.05, 0) is 183 Å². The van der Waals surface area contributed by atoms with Crippen molar-refractivity contribution in [1.82, 2.24) is 4.57 Å². The third-order valence-electron chi connectivity index (χ3n) is 23.2. The molecule has 0 spiro atoms. The second kappa shape index (κ2) is 24.6. The molecule has 2 unspecified atom stereocenters. The fourth-order valence-electron chi connectivity index (χ4n) is 18.0. The van der Waals surface area contributed by atoms with E-state index < -0.39 is 0 Å².